The van der Waals surface area contributed by atoms with Crippen molar-refractivity contribution in [3.63, 3.8) is 0 Å². The zero-order valence-corrected chi connectivity index (χ0v) is 10.9. The van der Waals surface area contributed by atoms with Crippen LogP contribution in [0.3, 0.4) is 0 Å². The first kappa shape index (κ1) is 12.4. The first-order chi connectivity index (χ1) is 8.08. The molecule has 88 valence electrons. The molecule has 1 aromatic heterocycles. The number of Topliss-reactive ketones (excluding diaryl/α,β-unsaturated/α-hetero) is 1. The van der Waals surface area contributed by atoms with Gasteiger partial charge in [0.1, 0.15) is 11.6 Å². The van der Waals surface area contributed by atoms with Gasteiger partial charge < -0.3 is 0 Å². The Labute approximate surface area is 109 Å². The van der Waals surface area contributed by atoms with Crippen molar-refractivity contribution in [2.75, 3.05) is 0 Å². The van der Waals surface area contributed by atoms with E-state index in [4.69, 9.17) is 0 Å². The van der Waals surface area contributed by atoms with Crippen molar-refractivity contribution in [1.29, 1.82) is 0 Å². The van der Waals surface area contributed by atoms with Crippen LogP contribution in [0.4, 0.5) is 8.78 Å². The van der Waals surface area contributed by atoms with Crippen LogP contribution >= 0.6 is 27.3 Å². The van der Waals surface area contributed by atoms with Crippen LogP contribution in [0.2, 0.25) is 0 Å². The third kappa shape index (κ3) is 2.79. The normalized spacial score (nSPS) is 10.5. The van der Waals surface area contributed by atoms with Gasteiger partial charge in [0.2, 0.25) is 0 Å². The highest BCUT2D eigenvalue weighted by molar-refractivity contribution is 9.10. The van der Waals surface area contributed by atoms with Crippen LogP contribution in [0.25, 0.3) is 0 Å². The van der Waals surface area contributed by atoms with Gasteiger partial charge in [0.15, 0.2) is 5.78 Å². The van der Waals surface area contributed by atoms with E-state index in [-0.39, 0.29) is 17.8 Å². The molecule has 1 heterocycles. The number of halogens is 3. The summed E-state index contributed by atoms with van der Waals surface area (Å²) in [6.45, 7) is 0. The van der Waals surface area contributed by atoms with Gasteiger partial charge >= 0.3 is 0 Å². The smallest absolute Gasteiger partial charge is 0.177 e. The minimum atomic E-state index is -0.686. The Kier molecular flexibility index (Phi) is 3.69. The van der Waals surface area contributed by atoms with Gasteiger partial charge in [-0.25, -0.2) is 8.78 Å². The second-order valence-electron chi connectivity index (χ2n) is 3.43. The van der Waals surface area contributed by atoms with Crippen molar-refractivity contribution in [2.45, 2.75) is 6.42 Å². The topological polar surface area (TPSA) is 17.1 Å². The Morgan fingerprint density at radius 1 is 1.29 bits per heavy atom. The van der Waals surface area contributed by atoms with Gasteiger partial charge in [-0.3, -0.25) is 4.79 Å². The maximum Gasteiger partial charge on any atom is 0.177 e. The molecule has 0 atom stereocenters. The highest BCUT2D eigenvalue weighted by Gasteiger charge is 2.15. The maximum atomic E-state index is 13.3. The van der Waals surface area contributed by atoms with Crippen molar-refractivity contribution < 1.29 is 13.6 Å². The van der Waals surface area contributed by atoms with Gasteiger partial charge in [-0.2, -0.15) is 0 Å². The summed E-state index contributed by atoms with van der Waals surface area (Å²) in [6, 6.07) is 5.22. The first-order valence-corrected chi connectivity index (χ1v) is 6.45. The molecule has 0 saturated heterocycles. The predicted octanol–water partition coefficient (Wildman–Crippen LogP) is 4.21. The molecule has 5 heteroatoms. The summed E-state index contributed by atoms with van der Waals surface area (Å²) in [5.41, 5.74) is -0.179. The van der Waals surface area contributed by atoms with Gasteiger partial charge in [-0.15, -0.1) is 11.3 Å². The molecule has 0 aliphatic heterocycles. The zero-order valence-electron chi connectivity index (χ0n) is 8.54. The Morgan fingerprint density at radius 2 is 1.94 bits per heavy atom. The number of hydrogen-bond donors (Lipinski definition) is 0. The van der Waals surface area contributed by atoms with Crippen molar-refractivity contribution in [2.24, 2.45) is 0 Å². The molecule has 17 heavy (non-hydrogen) atoms. The Balaban J connectivity index is 2.24. The number of ketones is 1. The summed E-state index contributed by atoms with van der Waals surface area (Å²) >= 11 is 4.47. The van der Waals surface area contributed by atoms with E-state index in [0.717, 1.165) is 16.6 Å². The summed E-state index contributed by atoms with van der Waals surface area (Å²) in [6.07, 6.45) is -0.258. The molecule has 0 amide bonds. The second-order valence-corrected chi connectivity index (χ2v) is 5.26. The van der Waals surface area contributed by atoms with E-state index in [1.54, 1.807) is 11.4 Å². The van der Waals surface area contributed by atoms with Gasteiger partial charge in [-0.1, -0.05) is 6.07 Å². The maximum absolute atomic E-state index is 13.3. The summed E-state index contributed by atoms with van der Waals surface area (Å²) in [4.78, 5) is 12.3. The lowest BCUT2D eigenvalue weighted by Gasteiger charge is -2.02. The highest BCUT2D eigenvalue weighted by Crippen LogP contribution is 2.22. The van der Waals surface area contributed by atoms with Crippen LogP contribution in [0.15, 0.2) is 34.1 Å². The Bertz CT molecular complexity index is 545. The zero-order chi connectivity index (χ0) is 12.4. The van der Waals surface area contributed by atoms with E-state index < -0.39 is 11.6 Å². The number of carbonyl (C=O) groups excluding carboxylic acids is 1. The van der Waals surface area contributed by atoms with Crippen LogP contribution in [0.5, 0.6) is 0 Å². The fraction of sp³-hybridized carbons (Fsp3) is 0.0833. The van der Waals surface area contributed by atoms with Crippen LogP contribution in [-0.4, -0.2) is 5.78 Å². The third-order valence-electron chi connectivity index (χ3n) is 2.24. The van der Waals surface area contributed by atoms with E-state index in [2.05, 4.69) is 15.9 Å². The fourth-order valence-electron chi connectivity index (χ4n) is 1.41. The number of benzene rings is 1. The average molecular weight is 317 g/mol. The minimum Gasteiger partial charge on any atom is -0.293 e. The lowest BCUT2D eigenvalue weighted by atomic mass is 10.1. The molecule has 0 N–H and O–H groups in total. The van der Waals surface area contributed by atoms with Crippen LogP contribution in [0.1, 0.15) is 15.2 Å². The predicted molar refractivity (Wildman–Crippen MR) is 66.4 cm³/mol. The van der Waals surface area contributed by atoms with Crippen molar-refractivity contribution in [3.05, 3.63) is 56.2 Å². The molecule has 0 aliphatic carbocycles. The SMILES string of the molecule is O=C(Cc1c(F)cccc1F)c1cc(Br)cs1. The van der Waals surface area contributed by atoms with Gasteiger partial charge in [-0.05, 0) is 34.1 Å². The molecule has 0 aliphatic rings. The number of carbonyl (C=O) groups is 1. The number of rotatable bonds is 3. The van der Waals surface area contributed by atoms with Crippen molar-refractivity contribution >= 4 is 33.0 Å². The lowest BCUT2D eigenvalue weighted by molar-refractivity contribution is 0.0994. The summed E-state index contributed by atoms with van der Waals surface area (Å²) in [5, 5.41) is 1.75. The minimum absolute atomic E-state index is 0.179. The molecular weight excluding hydrogens is 310 g/mol. The molecule has 0 bridgehead atoms. The molecule has 2 aromatic rings. The van der Waals surface area contributed by atoms with E-state index in [1.807, 2.05) is 0 Å². The third-order valence-corrected chi connectivity index (χ3v) is 3.97. The standard InChI is InChI=1S/C12H7BrF2OS/c13-7-4-12(17-6-7)11(16)5-8-9(14)2-1-3-10(8)15/h1-4,6H,5H2. The quantitative estimate of drug-likeness (QED) is 0.775. The van der Waals surface area contributed by atoms with E-state index in [0.29, 0.717) is 4.88 Å². The number of thiophene rings is 1. The van der Waals surface area contributed by atoms with Crippen molar-refractivity contribution in [1.82, 2.24) is 0 Å². The molecule has 0 fully saturated rings. The summed E-state index contributed by atoms with van der Waals surface area (Å²) in [7, 11) is 0. The van der Waals surface area contributed by atoms with E-state index >= 15 is 0 Å². The Hall–Kier alpha value is -1.07. The largest absolute Gasteiger partial charge is 0.293 e. The molecule has 1 nitrogen and oxygen atoms in total. The van der Waals surface area contributed by atoms with Gasteiger partial charge in [0.05, 0.1) is 4.88 Å². The molecule has 0 unspecified atom stereocenters. The molecule has 0 spiro atoms. The fourth-order valence-corrected chi connectivity index (χ4v) is 2.78. The molecule has 0 saturated carbocycles. The first-order valence-electron chi connectivity index (χ1n) is 4.78. The van der Waals surface area contributed by atoms with Crippen LogP contribution in [-0.2, 0) is 6.42 Å². The number of hydrogen-bond acceptors (Lipinski definition) is 2. The summed E-state index contributed by atoms with van der Waals surface area (Å²) in [5.74, 6) is -1.66. The van der Waals surface area contributed by atoms with Gasteiger partial charge in [0, 0.05) is 21.8 Å². The van der Waals surface area contributed by atoms with Gasteiger partial charge in [0.25, 0.3) is 0 Å². The van der Waals surface area contributed by atoms with Crippen molar-refractivity contribution in [3.8, 4) is 0 Å². The van der Waals surface area contributed by atoms with Crippen LogP contribution < -0.4 is 0 Å². The molecule has 0 radical (unpaired) electrons. The Morgan fingerprint density at radius 3 is 2.47 bits per heavy atom. The highest BCUT2D eigenvalue weighted by atomic mass is 79.9. The van der Waals surface area contributed by atoms with E-state index in [1.165, 1.54) is 17.4 Å². The second kappa shape index (κ2) is 5.06. The molecule has 2 rings (SSSR count). The molecular formula is C12H7BrF2OS. The summed E-state index contributed by atoms with van der Waals surface area (Å²) < 4.78 is 27.5. The molecule has 1 aromatic carbocycles. The average Bonchev–Trinajstić information content (AvgIpc) is 2.70. The monoisotopic (exact) mass is 316 g/mol. The van der Waals surface area contributed by atoms with Crippen LogP contribution in [0, 0.1) is 11.6 Å². The lowest BCUT2D eigenvalue weighted by Crippen LogP contribution is -2.05. The van der Waals surface area contributed by atoms with E-state index in [9.17, 15) is 13.6 Å².